The Morgan fingerprint density at radius 3 is 2.83 bits per heavy atom. The molecule has 0 radical (unpaired) electrons. The predicted octanol–water partition coefficient (Wildman–Crippen LogP) is 2.60. The molecule has 2 aromatic rings. The van der Waals surface area contributed by atoms with Crippen LogP contribution in [0.15, 0.2) is 12.1 Å². The first kappa shape index (κ1) is 12.3. The molecule has 0 atom stereocenters. The number of aldehydes is 1. The summed E-state index contributed by atoms with van der Waals surface area (Å²) in [6, 6.07) is 2.56. The van der Waals surface area contributed by atoms with Crippen molar-refractivity contribution in [1.82, 2.24) is 4.98 Å². The number of fused-ring (bicyclic) bond motifs is 1. The van der Waals surface area contributed by atoms with Crippen LogP contribution in [0.3, 0.4) is 0 Å². The molecule has 4 nitrogen and oxygen atoms in total. The van der Waals surface area contributed by atoms with Crippen molar-refractivity contribution in [2.24, 2.45) is 0 Å². The van der Waals surface area contributed by atoms with Crippen molar-refractivity contribution in [3.63, 3.8) is 0 Å². The zero-order valence-electron chi connectivity index (χ0n) is 10.0. The van der Waals surface area contributed by atoms with Crippen molar-refractivity contribution in [1.29, 1.82) is 0 Å². The van der Waals surface area contributed by atoms with Crippen molar-refractivity contribution in [3.05, 3.63) is 34.8 Å². The van der Waals surface area contributed by atoms with E-state index in [1.54, 1.807) is 13.8 Å². The molecule has 0 amide bonds. The summed E-state index contributed by atoms with van der Waals surface area (Å²) in [7, 11) is 0. The highest BCUT2D eigenvalue weighted by molar-refractivity contribution is 6.08. The van der Waals surface area contributed by atoms with Gasteiger partial charge in [0.05, 0.1) is 12.2 Å². The Morgan fingerprint density at radius 2 is 2.22 bits per heavy atom. The molecule has 0 aliphatic carbocycles. The summed E-state index contributed by atoms with van der Waals surface area (Å²) in [4.78, 5) is 25.6. The summed E-state index contributed by atoms with van der Waals surface area (Å²) in [5, 5.41) is 0.394. The van der Waals surface area contributed by atoms with Gasteiger partial charge in [0.2, 0.25) is 0 Å². The summed E-state index contributed by atoms with van der Waals surface area (Å²) in [6.45, 7) is 3.58. The molecule has 1 N–H and O–H groups in total. The second-order valence-corrected chi connectivity index (χ2v) is 3.90. The van der Waals surface area contributed by atoms with Gasteiger partial charge in [-0.3, -0.25) is 4.79 Å². The number of rotatable bonds is 3. The predicted molar refractivity (Wildman–Crippen MR) is 64.3 cm³/mol. The molecule has 94 valence electrons. The van der Waals surface area contributed by atoms with Crippen LogP contribution in [0.4, 0.5) is 4.39 Å². The Labute approximate surface area is 103 Å². The van der Waals surface area contributed by atoms with Crippen molar-refractivity contribution in [3.8, 4) is 0 Å². The number of halogens is 1. The van der Waals surface area contributed by atoms with Crippen molar-refractivity contribution >= 4 is 23.2 Å². The van der Waals surface area contributed by atoms with Gasteiger partial charge >= 0.3 is 5.97 Å². The van der Waals surface area contributed by atoms with Crippen LogP contribution in [-0.2, 0) is 4.74 Å². The standard InChI is InChI=1S/C13H12FNO3/c1-3-18-13(17)12-10(6-16)9-5-8(14)4-7(2)11(9)15-12/h4-6,15H,3H2,1-2H3. The minimum absolute atomic E-state index is 0.0653. The van der Waals surface area contributed by atoms with Gasteiger partial charge in [0.1, 0.15) is 11.5 Å². The van der Waals surface area contributed by atoms with Crippen LogP contribution in [-0.4, -0.2) is 23.8 Å². The molecular weight excluding hydrogens is 237 g/mol. The van der Waals surface area contributed by atoms with Crippen molar-refractivity contribution in [2.45, 2.75) is 13.8 Å². The topological polar surface area (TPSA) is 59.2 Å². The molecule has 0 bridgehead atoms. The van der Waals surface area contributed by atoms with Crippen molar-refractivity contribution < 1.29 is 18.7 Å². The fraction of sp³-hybridized carbons (Fsp3) is 0.231. The maximum absolute atomic E-state index is 13.3. The Bertz CT molecular complexity index is 631. The highest BCUT2D eigenvalue weighted by Crippen LogP contribution is 2.25. The van der Waals surface area contributed by atoms with Gasteiger partial charge in [-0.25, -0.2) is 9.18 Å². The van der Waals surface area contributed by atoms with E-state index in [4.69, 9.17) is 4.74 Å². The Hall–Kier alpha value is -2.17. The molecule has 2 rings (SSSR count). The molecule has 1 heterocycles. The number of aromatic nitrogens is 1. The maximum Gasteiger partial charge on any atom is 0.355 e. The number of nitrogens with one attached hydrogen (secondary N) is 1. The number of ether oxygens (including phenoxy) is 1. The number of carbonyl (C=O) groups is 2. The molecule has 18 heavy (non-hydrogen) atoms. The van der Waals surface area contributed by atoms with E-state index in [-0.39, 0.29) is 17.9 Å². The van der Waals surface area contributed by atoms with Gasteiger partial charge in [-0.15, -0.1) is 0 Å². The Kier molecular flexibility index (Phi) is 3.14. The molecule has 1 aromatic heterocycles. The second-order valence-electron chi connectivity index (χ2n) is 3.90. The van der Waals surface area contributed by atoms with Crippen LogP contribution in [0.2, 0.25) is 0 Å². The van der Waals surface area contributed by atoms with Gasteiger partial charge in [0, 0.05) is 10.9 Å². The van der Waals surface area contributed by atoms with Gasteiger partial charge in [0.25, 0.3) is 0 Å². The minimum Gasteiger partial charge on any atom is -0.461 e. The number of H-pyrrole nitrogens is 1. The second kappa shape index (κ2) is 4.60. The van der Waals surface area contributed by atoms with E-state index in [9.17, 15) is 14.0 Å². The summed E-state index contributed by atoms with van der Waals surface area (Å²) >= 11 is 0. The quantitative estimate of drug-likeness (QED) is 0.672. The molecule has 0 saturated carbocycles. The van der Waals surface area contributed by atoms with Gasteiger partial charge in [-0.2, -0.15) is 0 Å². The van der Waals surface area contributed by atoms with Crippen molar-refractivity contribution in [2.75, 3.05) is 6.61 Å². The average molecular weight is 249 g/mol. The molecule has 1 aromatic carbocycles. The highest BCUT2D eigenvalue weighted by Gasteiger charge is 2.19. The van der Waals surface area contributed by atoms with E-state index in [0.717, 1.165) is 0 Å². The molecule has 0 aliphatic rings. The van der Waals surface area contributed by atoms with Gasteiger partial charge in [-0.05, 0) is 31.5 Å². The molecular formula is C13H12FNO3. The van der Waals surface area contributed by atoms with Crippen LogP contribution < -0.4 is 0 Å². The van der Waals surface area contributed by atoms with Gasteiger partial charge in [-0.1, -0.05) is 0 Å². The first-order chi connectivity index (χ1) is 8.58. The third-order valence-electron chi connectivity index (χ3n) is 2.71. The lowest BCUT2D eigenvalue weighted by Crippen LogP contribution is -2.07. The fourth-order valence-electron chi connectivity index (χ4n) is 1.94. The fourth-order valence-corrected chi connectivity index (χ4v) is 1.94. The van der Waals surface area contributed by atoms with E-state index in [1.807, 2.05) is 0 Å². The number of hydrogen-bond donors (Lipinski definition) is 1. The Morgan fingerprint density at radius 1 is 1.50 bits per heavy atom. The van der Waals surface area contributed by atoms with E-state index in [0.29, 0.717) is 22.8 Å². The lowest BCUT2D eigenvalue weighted by Gasteiger charge is -1.98. The first-order valence-electron chi connectivity index (χ1n) is 5.52. The molecule has 0 aliphatic heterocycles. The van der Waals surface area contributed by atoms with E-state index in [1.165, 1.54) is 12.1 Å². The summed E-state index contributed by atoms with van der Waals surface area (Å²) < 4.78 is 18.2. The molecule has 5 heteroatoms. The average Bonchev–Trinajstić information content (AvgIpc) is 2.68. The number of carbonyl (C=O) groups excluding carboxylic acids is 2. The monoisotopic (exact) mass is 249 g/mol. The number of hydrogen-bond acceptors (Lipinski definition) is 3. The third-order valence-corrected chi connectivity index (χ3v) is 2.71. The van der Waals surface area contributed by atoms with Gasteiger partial charge < -0.3 is 9.72 Å². The normalized spacial score (nSPS) is 10.6. The van der Waals surface area contributed by atoms with Crippen LogP contribution in [0.5, 0.6) is 0 Å². The number of aryl methyl sites for hydroxylation is 1. The van der Waals surface area contributed by atoms with E-state index < -0.39 is 11.8 Å². The van der Waals surface area contributed by atoms with Gasteiger partial charge in [0.15, 0.2) is 6.29 Å². The lowest BCUT2D eigenvalue weighted by atomic mass is 10.1. The summed E-state index contributed by atoms with van der Waals surface area (Å²) in [6.07, 6.45) is 0.532. The maximum atomic E-state index is 13.3. The largest absolute Gasteiger partial charge is 0.461 e. The van der Waals surface area contributed by atoms with Crippen LogP contribution >= 0.6 is 0 Å². The number of aromatic amines is 1. The number of esters is 1. The smallest absolute Gasteiger partial charge is 0.355 e. The Balaban J connectivity index is 2.72. The molecule has 0 saturated heterocycles. The summed E-state index contributed by atoms with van der Waals surface area (Å²) in [5.41, 5.74) is 1.40. The lowest BCUT2D eigenvalue weighted by molar-refractivity contribution is 0.0518. The molecule has 0 unspecified atom stereocenters. The SMILES string of the molecule is CCOC(=O)c1[nH]c2c(C)cc(F)cc2c1C=O. The van der Waals surface area contributed by atoms with E-state index in [2.05, 4.69) is 4.98 Å². The van der Waals surface area contributed by atoms with Crippen LogP contribution in [0.25, 0.3) is 10.9 Å². The highest BCUT2D eigenvalue weighted by atomic mass is 19.1. The van der Waals surface area contributed by atoms with Crippen LogP contribution in [0, 0.1) is 12.7 Å². The number of benzene rings is 1. The third kappa shape index (κ3) is 1.88. The first-order valence-corrected chi connectivity index (χ1v) is 5.52. The zero-order valence-corrected chi connectivity index (χ0v) is 10.0. The van der Waals surface area contributed by atoms with Crippen LogP contribution in [0.1, 0.15) is 33.3 Å². The summed E-state index contributed by atoms with van der Waals surface area (Å²) in [5.74, 6) is -1.06. The zero-order chi connectivity index (χ0) is 13.3. The molecule has 0 fully saturated rings. The van der Waals surface area contributed by atoms with E-state index >= 15 is 0 Å². The minimum atomic E-state index is -0.615. The molecule has 0 spiro atoms.